The molecule has 0 saturated carbocycles. The van der Waals surface area contributed by atoms with Crippen LogP contribution in [0.15, 0.2) is 12.1 Å². The van der Waals surface area contributed by atoms with E-state index in [4.69, 9.17) is 21.1 Å². The molecule has 5 N–H and O–H groups in total. The second-order valence-electron chi connectivity index (χ2n) is 2.76. The third kappa shape index (κ3) is 1.85. The number of phenolic OH excluding ortho intramolecular Hbond substituents is 3. The van der Waals surface area contributed by atoms with Gasteiger partial charge in [-0.05, 0) is 0 Å². The van der Waals surface area contributed by atoms with Gasteiger partial charge in [0.05, 0.1) is 11.6 Å². The average molecular weight is 205 g/mol. The van der Waals surface area contributed by atoms with E-state index < -0.39 is 35.3 Å². The summed E-state index contributed by atoms with van der Waals surface area (Å²) in [6, 6.07) is -0.121. The Labute approximate surface area is 78.2 Å². The Bertz CT molecular complexity index is 320. The van der Waals surface area contributed by atoms with E-state index in [0.717, 1.165) is 12.1 Å². The normalized spacial score (nSPS) is 13.1. The molecule has 0 amide bonds. The molecule has 1 rings (SSSR count). The van der Waals surface area contributed by atoms with Crippen molar-refractivity contribution in [2.24, 2.45) is 5.73 Å². The first-order valence-electron chi connectivity index (χ1n) is 3.72. The van der Waals surface area contributed by atoms with E-state index in [1.165, 1.54) is 0 Å². The zero-order valence-corrected chi connectivity index (χ0v) is 6.98. The van der Waals surface area contributed by atoms with Gasteiger partial charge in [0.2, 0.25) is 0 Å². The van der Waals surface area contributed by atoms with Crippen molar-refractivity contribution in [1.82, 2.24) is 0 Å². The van der Waals surface area contributed by atoms with Gasteiger partial charge in [-0.1, -0.05) is 0 Å². The second kappa shape index (κ2) is 3.67. The fourth-order valence-electron chi connectivity index (χ4n) is 1.08. The molecule has 0 aliphatic heterocycles. The average Bonchev–Trinajstić information content (AvgIpc) is 2.01. The minimum absolute atomic E-state index is 0.426. The Hall–Kier alpha value is -1.56. The van der Waals surface area contributed by atoms with Gasteiger partial charge in [-0.25, -0.2) is 8.78 Å². The summed E-state index contributed by atoms with van der Waals surface area (Å²) in [5, 5.41) is 27.2. The van der Waals surface area contributed by atoms with Crippen molar-refractivity contribution in [1.29, 1.82) is 0 Å². The first-order valence-corrected chi connectivity index (χ1v) is 3.72. The number of hydrogen-bond donors (Lipinski definition) is 4. The van der Waals surface area contributed by atoms with Crippen molar-refractivity contribution in [2.45, 2.75) is 12.5 Å². The molecule has 0 aromatic heterocycles. The summed E-state index contributed by atoms with van der Waals surface area (Å²) >= 11 is 0. The molecule has 1 atom stereocenters. The van der Waals surface area contributed by atoms with Crippen LogP contribution >= 0.6 is 0 Å². The number of hydrogen-bond acceptors (Lipinski definition) is 4. The highest BCUT2D eigenvalue weighted by Gasteiger charge is 2.24. The summed E-state index contributed by atoms with van der Waals surface area (Å²) in [6.07, 6.45) is -2.91. The summed E-state index contributed by atoms with van der Waals surface area (Å²) in [4.78, 5) is 0. The summed E-state index contributed by atoms with van der Waals surface area (Å²) in [7, 11) is 0. The van der Waals surface area contributed by atoms with Gasteiger partial charge in [0.15, 0.2) is 0 Å². The largest absolute Gasteiger partial charge is 0.508 e. The monoisotopic (exact) mass is 205 g/mol. The van der Waals surface area contributed by atoms with Crippen molar-refractivity contribution in [2.75, 3.05) is 0 Å². The molecule has 0 fully saturated rings. The molecule has 6 heteroatoms. The van der Waals surface area contributed by atoms with Crippen LogP contribution < -0.4 is 5.73 Å². The molecule has 0 spiro atoms. The fourth-order valence-corrected chi connectivity index (χ4v) is 1.08. The van der Waals surface area contributed by atoms with Crippen molar-refractivity contribution in [3.05, 3.63) is 17.7 Å². The third-order valence-corrected chi connectivity index (χ3v) is 1.73. The van der Waals surface area contributed by atoms with Gasteiger partial charge >= 0.3 is 0 Å². The minimum Gasteiger partial charge on any atom is -0.508 e. The third-order valence-electron chi connectivity index (χ3n) is 1.73. The molecular formula is C8H9F2NO3. The molecule has 0 heterocycles. The Morgan fingerprint density at radius 2 is 1.50 bits per heavy atom. The first kappa shape index (κ1) is 10.5. The van der Waals surface area contributed by atoms with Crippen LogP contribution in [0.4, 0.5) is 8.78 Å². The van der Waals surface area contributed by atoms with Crippen LogP contribution in [-0.2, 0) is 0 Å². The summed E-state index contributed by atoms with van der Waals surface area (Å²) in [6.45, 7) is 0. The molecule has 0 aliphatic carbocycles. The van der Waals surface area contributed by atoms with Crippen molar-refractivity contribution in [3.8, 4) is 17.2 Å². The molecule has 78 valence electrons. The summed E-state index contributed by atoms with van der Waals surface area (Å²) in [5.41, 5.74) is 4.56. The maximum Gasteiger partial charge on any atom is 0.257 e. The van der Waals surface area contributed by atoms with Crippen LogP contribution in [0.2, 0.25) is 0 Å². The van der Waals surface area contributed by atoms with E-state index in [0.29, 0.717) is 0 Å². The summed E-state index contributed by atoms with van der Waals surface area (Å²) < 4.78 is 24.3. The first-order chi connectivity index (χ1) is 6.43. The number of alkyl halides is 2. The lowest BCUT2D eigenvalue weighted by atomic mass is 10.1. The van der Waals surface area contributed by atoms with E-state index in [-0.39, 0.29) is 0 Å². The maximum absolute atomic E-state index is 12.2. The van der Waals surface area contributed by atoms with Crippen LogP contribution in [0.3, 0.4) is 0 Å². The van der Waals surface area contributed by atoms with E-state index in [2.05, 4.69) is 0 Å². The smallest absolute Gasteiger partial charge is 0.257 e. The van der Waals surface area contributed by atoms with Gasteiger partial charge in [0, 0.05) is 12.1 Å². The molecule has 0 aliphatic rings. The Morgan fingerprint density at radius 1 is 1.07 bits per heavy atom. The van der Waals surface area contributed by atoms with Crippen molar-refractivity contribution >= 4 is 0 Å². The standard InChI is InChI=1S/C8H9F2NO3/c9-8(10)7(11)6-4(13)1-3(12)2-5(6)14/h1-2,7-8,12-14H,11H2. The van der Waals surface area contributed by atoms with E-state index >= 15 is 0 Å². The quantitative estimate of drug-likeness (QED) is 0.581. The molecule has 0 saturated heterocycles. The van der Waals surface area contributed by atoms with Crippen molar-refractivity contribution in [3.63, 3.8) is 0 Å². The lowest BCUT2D eigenvalue weighted by Crippen LogP contribution is -2.19. The predicted octanol–water partition coefficient (Wildman–Crippen LogP) is 1.07. The highest BCUT2D eigenvalue weighted by molar-refractivity contribution is 5.50. The van der Waals surface area contributed by atoms with Crippen molar-refractivity contribution < 1.29 is 24.1 Å². The Morgan fingerprint density at radius 3 is 1.86 bits per heavy atom. The lowest BCUT2D eigenvalue weighted by molar-refractivity contribution is 0.114. The number of aromatic hydroxyl groups is 3. The maximum atomic E-state index is 12.2. The molecule has 0 bridgehead atoms. The molecule has 4 nitrogen and oxygen atoms in total. The Kier molecular flexibility index (Phi) is 2.76. The summed E-state index contributed by atoms with van der Waals surface area (Å²) in [5.74, 6) is -1.74. The fraction of sp³-hybridized carbons (Fsp3) is 0.250. The Balaban J connectivity index is 3.20. The number of rotatable bonds is 2. The molecule has 1 aromatic carbocycles. The van der Waals surface area contributed by atoms with Crippen LogP contribution in [0, 0.1) is 0 Å². The van der Waals surface area contributed by atoms with Gasteiger partial charge in [0.1, 0.15) is 17.2 Å². The molecule has 14 heavy (non-hydrogen) atoms. The predicted molar refractivity (Wildman–Crippen MR) is 44.4 cm³/mol. The van der Waals surface area contributed by atoms with Crippen LogP contribution in [0.1, 0.15) is 11.6 Å². The zero-order chi connectivity index (χ0) is 10.9. The van der Waals surface area contributed by atoms with Gasteiger partial charge in [-0.2, -0.15) is 0 Å². The zero-order valence-electron chi connectivity index (χ0n) is 6.98. The number of phenols is 3. The molecular weight excluding hydrogens is 196 g/mol. The lowest BCUT2D eigenvalue weighted by Gasteiger charge is -2.14. The van der Waals surface area contributed by atoms with Crippen LogP contribution in [-0.4, -0.2) is 21.7 Å². The molecule has 0 radical (unpaired) electrons. The molecule has 1 unspecified atom stereocenters. The minimum atomic E-state index is -2.91. The molecule has 1 aromatic rings. The highest BCUT2D eigenvalue weighted by atomic mass is 19.3. The number of benzene rings is 1. The van der Waals surface area contributed by atoms with Gasteiger partial charge in [-0.15, -0.1) is 0 Å². The van der Waals surface area contributed by atoms with Crippen LogP contribution in [0.25, 0.3) is 0 Å². The van der Waals surface area contributed by atoms with Gasteiger partial charge in [0.25, 0.3) is 6.43 Å². The van der Waals surface area contributed by atoms with E-state index in [1.807, 2.05) is 0 Å². The number of halogens is 2. The van der Waals surface area contributed by atoms with Crippen LogP contribution in [0.5, 0.6) is 17.2 Å². The number of nitrogens with two attached hydrogens (primary N) is 1. The van der Waals surface area contributed by atoms with E-state index in [1.54, 1.807) is 0 Å². The SMILES string of the molecule is NC(c1c(O)cc(O)cc1O)C(F)F. The van der Waals surface area contributed by atoms with Gasteiger partial charge in [-0.3, -0.25) is 0 Å². The van der Waals surface area contributed by atoms with Gasteiger partial charge < -0.3 is 21.1 Å². The topological polar surface area (TPSA) is 86.7 Å². The van der Waals surface area contributed by atoms with E-state index in [9.17, 15) is 8.78 Å². The second-order valence-corrected chi connectivity index (χ2v) is 2.76. The highest BCUT2D eigenvalue weighted by Crippen LogP contribution is 2.37.